The second-order valence-corrected chi connectivity index (χ2v) is 0. The van der Waals surface area contributed by atoms with E-state index in [0.717, 1.165) is 0 Å². The molecule has 0 heterocycles. The first-order chi connectivity index (χ1) is 1.00. The summed E-state index contributed by atoms with van der Waals surface area (Å²) in [7, 11) is 0. The number of hydrogen-bond donors (Lipinski definition) is 5. The molecule has 0 aliphatic carbocycles. The van der Waals surface area contributed by atoms with Crippen molar-refractivity contribution in [1.82, 2.24) is 24.6 Å². The van der Waals surface area contributed by atoms with Gasteiger partial charge in [0, 0.05) is 0 Å². The van der Waals surface area contributed by atoms with Crippen LogP contribution in [0.3, 0.4) is 0 Å². The first-order valence-corrected chi connectivity index (χ1v) is 0.655. The van der Waals surface area contributed by atoms with Crippen LogP contribution < -0.4 is 67.1 Å². The molecule has 0 aromatic rings. The maximum atomic E-state index is 4.14. The molecule has 14 N–H and O–H groups in total. The van der Waals surface area contributed by atoms with Crippen LogP contribution in [0.2, 0.25) is 0 Å². The van der Waals surface area contributed by atoms with Crippen molar-refractivity contribution in [3.63, 3.8) is 0 Å². The molecule has 0 atom stereocenters. The molecule has 0 amide bonds. The molecule has 0 aromatic heterocycles. The van der Waals surface area contributed by atoms with E-state index in [0.29, 0.717) is 0 Å². The van der Waals surface area contributed by atoms with Gasteiger partial charge < -0.3 is 61.8 Å². The van der Waals surface area contributed by atoms with Gasteiger partial charge in [0.1, 0.15) is 0 Å². The summed E-state index contributed by atoms with van der Waals surface area (Å²) in [5.41, 5.74) is 0. The minimum Gasteiger partial charge on any atom is -1.00 e. The van der Waals surface area contributed by atoms with Gasteiger partial charge in [-0.2, -0.15) is 0 Å². The number of hydrogen-bond acceptors (Lipinski definition) is 5. The van der Waals surface area contributed by atoms with E-state index in [2.05, 4.69) is 17.0 Å². The van der Waals surface area contributed by atoms with Crippen LogP contribution >= 0.6 is 11.8 Å². The molecule has 0 radical (unpaired) electrons. The van der Waals surface area contributed by atoms with Crippen molar-refractivity contribution < 1.29 is 54.0 Å². The van der Waals surface area contributed by atoms with E-state index in [1.807, 2.05) is 0 Å². The van der Waals surface area contributed by atoms with E-state index in [1.165, 1.54) is 0 Å². The quantitative estimate of drug-likeness (QED) is 0.278. The maximum absolute atomic E-state index is 4.14. The summed E-state index contributed by atoms with van der Waals surface area (Å²) < 4.78 is 0. The zero-order chi connectivity index (χ0) is 2.00. The fourth-order valence-corrected chi connectivity index (χ4v) is 0. The summed E-state index contributed by atoms with van der Waals surface area (Å²) in [6.45, 7) is 0. The van der Waals surface area contributed by atoms with Crippen LogP contribution in [-0.4, -0.2) is 0 Å². The van der Waals surface area contributed by atoms with Crippen LogP contribution in [0.1, 0.15) is 0 Å². The zero-order valence-electron chi connectivity index (χ0n) is 5.25. The Labute approximate surface area is 95.5 Å². The van der Waals surface area contributed by atoms with Gasteiger partial charge in [-0.3, -0.25) is 0 Å². The summed E-state index contributed by atoms with van der Waals surface area (Å²) in [5.74, 6) is 0. The molecule has 0 spiro atoms. The zero-order valence-corrected chi connectivity index (χ0v) is 9.32. The third-order valence-corrected chi connectivity index (χ3v) is 0. The Morgan fingerprint density at radius 2 is 0.600 bits per heavy atom. The molecule has 76 valence electrons. The SMILES string of the molecule is N.N.N.N.NCl.[Cl-].[Cl-].[Cl-].[Co+3]. The van der Waals surface area contributed by atoms with Crippen molar-refractivity contribution in [2.24, 2.45) is 5.25 Å². The number of nitrogens with two attached hydrogens (primary N) is 1. The molecule has 0 saturated carbocycles. The minimum atomic E-state index is 0. The van der Waals surface area contributed by atoms with E-state index in [1.54, 1.807) is 0 Å². The molecule has 0 fully saturated rings. The molecule has 0 rings (SSSR count). The second kappa shape index (κ2) is 436. The molecule has 0 bridgehead atoms. The van der Waals surface area contributed by atoms with E-state index in [4.69, 9.17) is 0 Å². The Hall–Kier alpha value is 1.47. The Kier molecular flexibility index (Phi) is 9010. The smallest absolute Gasteiger partial charge is 1.00 e. The summed E-state index contributed by atoms with van der Waals surface area (Å²) >= 11 is 4.14. The van der Waals surface area contributed by atoms with Crippen LogP contribution in [0, 0.1) is 0 Å². The molecule has 5 nitrogen and oxygen atoms in total. The maximum Gasteiger partial charge on any atom is 3.00 e. The molecule has 0 aliphatic heterocycles. The van der Waals surface area contributed by atoms with E-state index < -0.39 is 0 Å². The van der Waals surface area contributed by atoms with Crippen molar-refractivity contribution in [2.75, 3.05) is 0 Å². The molecule has 10 heteroatoms. The van der Waals surface area contributed by atoms with Crippen molar-refractivity contribution in [3.05, 3.63) is 0 Å². The summed E-state index contributed by atoms with van der Waals surface area (Å²) in [5, 5.41) is 3.97. The topological polar surface area (TPSA) is 166 Å². The Balaban J connectivity index is -0.000000000179. The molecule has 0 aliphatic rings. The average Bonchev–Trinajstić information content (AvgIpc) is 1.00. The Bertz CT molecular complexity index is 13.6. The summed E-state index contributed by atoms with van der Waals surface area (Å²) in [6.07, 6.45) is 0. The third kappa shape index (κ3) is 316. The van der Waals surface area contributed by atoms with Crippen molar-refractivity contribution in [3.8, 4) is 0 Å². The van der Waals surface area contributed by atoms with Crippen molar-refractivity contribution in [1.29, 1.82) is 0 Å². The van der Waals surface area contributed by atoms with Gasteiger partial charge in [-0.15, -0.1) is 0 Å². The molecular weight excluding hydrogens is 271 g/mol. The van der Waals surface area contributed by atoms with Gasteiger partial charge in [-0.1, -0.05) is 0 Å². The fraction of sp³-hybridized carbons (Fsp3) is 0. The fourth-order valence-electron chi connectivity index (χ4n) is 0. The van der Waals surface area contributed by atoms with Crippen molar-refractivity contribution in [2.45, 2.75) is 0 Å². The van der Waals surface area contributed by atoms with Gasteiger partial charge in [-0.05, 0) is 11.8 Å². The van der Waals surface area contributed by atoms with E-state index in [9.17, 15) is 0 Å². The minimum absolute atomic E-state index is 0. The van der Waals surface area contributed by atoms with E-state index >= 15 is 0 Å². The van der Waals surface area contributed by atoms with Crippen LogP contribution in [-0.2, 0) is 16.8 Å². The number of halogens is 4. The molecule has 0 saturated heterocycles. The predicted octanol–water partition coefficient (Wildman–Crippen LogP) is -8.24. The molecule has 0 aromatic carbocycles. The first-order valence-electron chi connectivity index (χ1n) is 0.218. The van der Waals surface area contributed by atoms with Crippen LogP contribution in [0.5, 0.6) is 0 Å². The van der Waals surface area contributed by atoms with E-state index in [-0.39, 0.29) is 78.6 Å². The van der Waals surface area contributed by atoms with Gasteiger partial charge in [0.05, 0.1) is 0 Å². The van der Waals surface area contributed by atoms with Gasteiger partial charge in [0.25, 0.3) is 0 Å². The molecular formula is H14Cl4CoN5. The number of rotatable bonds is 0. The second-order valence-electron chi connectivity index (χ2n) is 0. The largest absolute Gasteiger partial charge is 3.00 e. The monoisotopic (exact) mass is 283 g/mol. The Morgan fingerprint density at radius 3 is 0.600 bits per heavy atom. The van der Waals surface area contributed by atoms with Crippen LogP contribution in [0.25, 0.3) is 0 Å². The van der Waals surface area contributed by atoms with Gasteiger partial charge in [-0.25, -0.2) is 5.25 Å². The standard InChI is InChI=1S/ClH2N.3ClH.Co.4H3N/c1-2;;;;;;;;/h2H2;3*1H;;4*1H3/q;;;;+3;;;;/p-3. The molecule has 10 heavy (non-hydrogen) atoms. The van der Waals surface area contributed by atoms with Crippen molar-refractivity contribution >= 4 is 11.8 Å². The van der Waals surface area contributed by atoms with Gasteiger partial charge in [0.15, 0.2) is 0 Å². The third-order valence-electron chi connectivity index (χ3n) is 0. The Morgan fingerprint density at radius 1 is 0.600 bits per heavy atom. The normalized spacial score (nSPS) is 0.600. The van der Waals surface area contributed by atoms with Crippen LogP contribution in [0.15, 0.2) is 0 Å². The molecule has 0 unspecified atom stereocenters. The first kappa shape index (κ1) is 206. The predicted molar refractivity (Wildman–Crippen MR) is 30.1 cm³/mol. The van der Waals surface area contributed by atoms with Gasteiger partial charge in [0.2, 0.25) is 0 Å². The average molecular weight is 285 g/mol. The van der Waals surface area contributed by atoms with Gasteiger partial charge >= 0.3 is 16.8 Å². The van der Waals surface area contributed by atoms with Crippen LogP contribution in [0.4, 0.5) is 0 Å². The summed E-state index contributed by atoms with van der Waals surface area (Å²) in [6, 6.07) is 0. The summed E-state index contributed by atoms with van der Waals surface area (Å²) in [4.78, 5) is 0.